The second-order valence-corrected chi connectivity index (χ2v) is 5.06. The lowest BCUT2D eigenvalue weighted by molar-refractivity contribution is 1.04. The van der Waals surface area contributed by atoms with Gasteiger partial charge in [-0.05, 0) is 41.7 Å². The van der Waals surface area contributed by atoms with E-state index in [2.05, 4.69) is 68.3 Å². The first-order valence-electron chi connectivity index (χ1n) is 7.34. The summed E-state index contributed by atoms with van der Waals surface area (Å²) in [6.07, 6.45) is 2.10. The van der Waals surface area contributed by atoms with Gasteiger partial charge in [0.25, 0.3) is 0 Å². The van der Waals surface area contributed by atoms with E-state index in [0.717, 1.165) is 12.8 Å². The number of hydrogen-bond donors (Lipinski definition) is 1. The zero-order valence-corrected chi connectivity index (χ0v) is 12.7. The Morgan fingerprint density at radius 2 is 1.45 bits per heavy atom. The van der Waals surface area contributed by atoms with Crippen molar-refractivity contribution in [2.24, 2.45) is 5.73 Å². The highest BCUT2D eigenvalue weighted by atomic mass is 15.1. The van der Waals surface area contributed by atoms with Gasteiger partial charge in [-0.15, -0.1) is 0 Å². The van der Waals surface area contributed by atoms with Crippen molar-refractivity contribution >= 4 is 11.4 Å². The average molecular weight is 268 g/mol. The summed E-state index contributed by atoms with van der Waals surface area (Å²) in [6, 6.07) is 15.1. The smallest absolute Gasteiger partial charge is 0.0472 e. The van der Waals surface area contributed by atoms with Crippen molar-refractivity contribution in [2.75, 3.05) is 11.9 Å². The number of rotatable bonds is 5. The van der Waals surface area contributed by atoms with E-state index < -0.39 is 0 Å². The minimum atomic E-state index is 0.593. The van der Waals surface area contributed by atoms with Gasteiger partial charge in [-0.3, -0.25) is 0 Å². The molecule has 2 aromatic carbocycles. The minimum absolute atomic E-state index is 0.593. The van der Waals surface area contributed by atoms with Crippen LogP contribution in [0, 0.1) is 0 Å². The first-order valence-corrected chi connectivity index (χ1v) is 7.34. The largest absolute Gasteiger partial charge is 0.344 e. The number of nitrogens with two attached hydrogens (primary N) is 1. The van der Waals surface area contributed by atoms with Crippen LogP contribution in [0.15, 0.2) is 42.5 Å². The molecule has 2 nitrogen and oxygen atoms in total. The molecule has 0 saturated carbocycles. The Morgan fingerprint density at radius 1 is 0.900 bits per heavy atom. The van der Waals surface area contributed by atoms with Crippen LogP contribution in [0.4, 0.5) is 11.4 Å². The molecule has 0 fully saturated rings. The maximum Gasteiger partial charge on any atom is 0.0472 e. The molecule has 0 aliphatic rings. The van der Waals surface area contributed by atoms with Gasteiger partial charge in [0.1, 0.15) is 0 Å². The molecule has 0 atom stereocenters. The third kappa shape index (κ3) is 2.86. The molecule has 0 aliphatic carbocycles. The predicted molar refractivity (Wildman–Crippen MR) is 87.6 cm³/mol. The van der Waals surface area contributed by atoms with Crippen LogP contribution in [0.5, 0.6) is 0 Å². The predicted octanol–water partition coefficient (Wildman–Crippen LogP) is 4.04. The lowest BCUT2D eigenvalue weighted by Gasteiger charge is -2.25. The van der Waals surface area contributed by atoms with Crippen LogP contribution >= 0.6 is 0 Å². The van der Waals surface area contributed by atoms with Gasteiger partial charge in [0.15, 0.2) is 0 Å². The van der Waals surface area contributed by atoms with E-state index >= 15 is 0 Å². The molecule has 106 valence electrons. The van der Waals surface area contributed by atoms with Gasteiger partial charge in [-0.2, -0.15) is 0 Å². The summed E-state index contributed by atoms with van der Waals surface area (Å²) >= 11 is 0. The lowest BCUT2D eigenvalue weighted by Crippen LogP contribution is -2.14. The van der Waals surface area contributed by atoms with Crippen molar-refractivity contribution < 1.29 is 0 Å². The summed E-state index contributed by atoms with van der Waals surface area (Å²) in [5, 5.41) is 0. The lowest BCUT2D eigenvalue weighted by atomic mass is 10.0. The fourth-order valence-corrected chi connectivity index (χ4v) is 2.63. The number of anilines is 2. The second-order valence-electron chi connectivity index (χ2n) is 5.06. The molecule has 0 aromatic heterocycles. The molecule has 0 heterocycles. The molecule has 0 spiro atoms. The molecule has 2 rings (SSSR count). The van der Waals surface area contributed by atoms with E-state index in [1.54, 1.807) is 0 Å². The van der Waals surface area contributed by atoms with Gasteiger partial charge < -0.3 is 10.6 Å². The Balaban J connectivity index is 2.43. The Hall–Kier alpha value is -1.80. The van der Waals surface area contributed by atoms with E-state index in [-0.39, 0.29) is 0 Å². The van der Waals surface area contributed by atoms with Gasteiger partial charge in [0.05, 0.1) is 0 Å². The van der Waals surface area contributed by atoms with Crippen molar-refractivity contribution in [1.82, 2.24) is 0 Å². The van der Waals surface area contributed by atoms with E-state index in [1.807, 2.05) is 0 Å². The van der Waals surface area contributed by atoms with Crippen LogP contribution in [0.1, 0.15) is 30.5 Å². The third-order valence-corrected chi connectivity index (χ3v) is 3.86. The number of para-hydroxylation sites is 1. The first-order chi connectivity index (χ1) is 9.71. The molecular formula is C18H24N2. The molecule has 0 saturated heterocycles. The normalized spacial score (nSPS) is 10.6. The minimum Gasteiger partial charge on any atom is -0.344 e. The zero-order valence-electron chi connectivity index (χ0n) is 12.7. The topological polar surface area (TPSA) is 29.3 Å². The highest BCUT2D eigenvalue weighted by Gasteiger charge is 2.12. The van der Waals surface area contributed by atoms with Crippen molar-refractivity contribution in [3.05, 3.63) is 59.2 Å². The maximum atomic E-state index is 5.66. The van der Waals surface area contributed by atoms with Gasteiger partial charge >= 0.3 is 0 Å². The Kier molecular flexibility index (Phi) is 4.80. The maximum absolute atomic E-state index is 5.66. The van der Waals surface area contributed by atoms with Crippen LogP contribution in [-0.2, 0) is 19.4 Å². The summed E-state index contributed by atoms with van der Waals surface area (Å²) < 4.78 is 0. The Morgan fingerprint density at radius 3 is 1.90 bits per heavy atom. The van der Waals surface area contributed by atoms with E-state index in [9.17, 15) is 0 Å². The van der Waals surface area contributed by atoms with E-state index in [1.165, 1.54) is 28.1 Å². The van der Waals surface area contributed by atoms with Crippen molar-refractivity contribution in [1.29, 1.82) is 0 Å². The first kappa shape index (κ1) is 14.6. The van der Waals surface area contributed by atoms with Crippen LogP contribution in [0.25, 0.3) is 0 Å². The highest BCUT2D eigenvalue weighted by molar-refractivity contribution is 5.69. The average Bonchev–Trinajstić information content (AvgIpc) is 2.53. The Bertz CT molecular complexity index is 536. The molecule has 0 radical (unpaired) electrons. The summed E-state index contributed by atoms with van der Waals surface area (Å²) in [4.78, 5) is 2.29. The molecule has 0 aliphatic heterocycles. The van der Waals surface area contributed by atoms with Gasteiger partial charge in [-0.1, -0.05) is 44.2 Å². The number of nitrogens with zero attached hydrogens (tertiary/aromatic N) is 1. The van der Waals surface area contributed by atoms with Crippen molar-refractivity contribution in [2.45, 2.75) is 33.2 Å². The van der Waals surface area contributed by atoms with Gasteiger partial charge in [0.2, 0.25) is 0 Å². The quantitative estimate of drug-likeness (QED) is 0.886. The van der Waals surface area contributed by atoms with Gasteiger partial charge in [-0.25, -0.2) is 0 Å². The standard InChI is InChI=1S/C18H24N2/c1-4-15-7-6-8-16(5-2)18(15)20(3)17-11-9-14(13-19)10-12-17/h6-12H,4-5,13,19H2,1-3H3. The summed E-state index contributed by atoms with van der Waals surface area (Å²) in [5.74, 6) is 0. The summed E-state index contributed by atoms with van der Waals surface area (Å²) in [6.45, 7) is 5.02. The van der Waals surface area contributed by atoms with E-state index in [4.69, 9.17) is 5.73 Å². The summed E-state index contributed by atoms with van der Waals surface area (Å²) in [5.41, 5.74) is 12.2. The van der Waals surface area contributed by atoms with Crippen LogP contribution < -0.4 is 10.6 Å². The number of benzene rings is 2. The third-order valence-electron chi connectivity index (χ3n) is 3.86. The van der Waals surface area contributed by atoms with Crippen molar-refractivity contribution in [3.8, 4) is 0 Å². The van der Waals surface area contributed by atoms with E-state index in [0.29, 0.717) is 6.54 Å². The summed E-state index contributed by atoms with van der Waals surface area (Å²) in [7, 11) is 2.14. The molecule has 2 N–H and O–H groups in total. The zero-order chi connectivity index (χ0) is 14.5. The SMILES string of the molecule is CCc1cccc(CC)c1N(C)c1ccc(CN)cc1. The molecule has 0 bridgehead atoms. The number of hydrogen-bond acceptors (Lipinski definition) is 2. The van der Waals surface area contributed by atoms with Gasteiger partial charge in [0, 0.05) is 25.0 Å². The highest BCUT2D eigenvalue weighted by Crippen LogP contribution is 2.31. The van der Waals surface area contributed by atoms with Crippen LogP contribution in [-0.4, -0.2) is 7.05 Å². The van der Waals surface area contributed by atoms with Crippen LogP contribution in [0.2, 0.25) is 0 Å². The molecule has 20 heavy (non-hydrogen) atoms. The fraction of sp³-hybridized carbons (Fsp3) is 0.333. The van der Waals surface area contributed by atoms with Crippen molar-refractivity contribution in [3.63, 3.8) is 0 Å². The Labute approximate surface area is 122 Å². The van der Waals surface area contributed by atoms with Crippen LogP contribution in [0.3, 0.4) is 0 Å². The molecule has 2 heteroatoms. The molecule has 0 amide bonds. The molecule has 0 unspecified atom stereocenters. The molecule has 2 aromatic rings. The monoisotopic (exact) mass is 268 g/mol. The molecular weight excluding hydrogens is 244 g/mol. The fourth-order valence-electron chi connectivity index (χ4n) is 2.63. The number of aryl methyl sites for hydroxylation is 2. The second kappa shape index (κ2) is 6.58.